The van der Waals surface area contributed by atoms with Crippen molar-refractivity contribution in [1.82, 2.24) is 0 Å². The van der Waals surface area contributed by atoms with Gasteiger partial charge >= 0.3 is 5.69 Å². The van der Waals surface area contributed by atoms with E-state index in [-0.39, 0.29) is 0 Å². The van der Waals surface area contributed by atoms with Crippen LogP contribution < -0.4 is 5.32 Å². The molecular weight excluding hydrogens is 271 g/mol. The Labute approximate surface area is 124 Å². The van der Waals surface area contributed by atoms with Gasteiger partial charge in [-0.2, -0.15) is 4.39 Å². The molecule has 1 saturated carbocycles. The Balaban J connectivity index is 1.98. The number of halogens is 1. The van der Waals surface area contributed by atoms with Crippen LogP contribution in [0.4, 0.5) is 15.8 Å². The zero-order valence-corrected chi connectivity index (χ0v) is 12.6. The average molecular weight is 294 g/mol. The summed E-state index contributed by atoms with van der Waals surface area (Å²) >= 11 is 0. The maximum Gasteiger partial charge on any atom is 0.304 e. The van der Waals surface area contributed by atoms with Crippen LogP contribution in [-0.4, -0.2) is 11.0 Å². The lowest BCUT2D eigenvalue weighted by atomic mass is 9.89. The molecule has 2 atom stereocenters. The predicted molar refractivity (Wildman–Crippen MR) is 81.9 cm³/mol. The van der Waals surface area contributed by atoms with E-state index in [0.29, 0.717) is 17.6 Å². The van der Waals surface area contributed by atoms with Gasteiger partial charge in [-0.3, -0.25) is 10.1 Å². The third-order valence-electron chi connectivity index (χ3n) is 4.47. The zero-order chi connectivity index (χ0) is 15.4. The smallest absolute Gasteiger partial charge is 0.304 e. The number of nitrogens with one attached hydrogen (secondary N) is 1. The Bertz CT molecular complexity index is 505. The first kappa shape index (κ1) is 15.7. The molecule has 21 heavy (non-hydrogen) atoms. The van der Waals surface area contributed by atoms with Gasteiger partial charge in [0.15, 0.2) is 0 Å². The average Bonchev–Trinajstić information content (AvgIpc) is 2.64. The molecule has 1 fully saturated rings. The SMILES string of the molecule is CC(C)C1CCCC(Nc2ccc([N+](=O)[O-])c(F)c2)CC1. The number of anilines is 1. The van der Waals surface area contributed by atoms with Crippen molar-refractivity contribution < 1.29 is 9.31 Å². The highest BCUT2D eigenvalue weighted by molar-refractivity contribution is 5.50. The zero-order valence-electron chi connectivity index (χ0n) is 12.6. The molecule has 0 aliphatic heterocycles. The second-order valence-corrected chi connectivity index (χ2v) is 6.28. The summed E-state index contributed by atoms with van der Waals surface area (Å²) in [6, 6.07) is 4.37. The molecule has 1 aliphatic carbocycles. The van der Waals surface area contributed by atoms with Crippen molar-refractivity contribution in [2.45, 2.75) is 52.0 Å². The van der Waals surface area contributed by atoms with Crippen LogP contribution in [0, 0.1) is 27.8 Å². The van der Waals surface area contributed by atoms with Gasteiger partial charge in [-0.1, -0.05) is 26.7 Å². The summed E-state index contributed by atoms with van der Waals surface area (Å²) in [5, 5.41) is 13.9. The van der Waals surface area contributed by atoms with Crippen molar-refractivity contribution in [2.75, 3.05) is 5.32 Å². The molecule has 4 nitrogen and oxygen atoms in total. The van der Waals surface area contributed by atoms with Crippen LogP contribution in [0.1, 0.15) is 46.0 Å². The van der Waals surface area contributed by atoms with E-state index in [2.05, 4.69) is 19.2 Å². The topological polar surface area (TPSA) is 55.2 Å². The van der Waals surface area contributed by atoms with Gasteiger partial charge in [0.25, 0.3) is 0 Å². The summed E-state index contributed by atoms with van der Waals surface area (Å²) in [6.45, 7) is 4.54. The maximum atomic E-state index is 13.6. The van der Waals surface area contributed by atoms with E-state index in [1.165, 1.54) is 31.4 Å². The van der Waals surface area contributed by atoms with Crippen LogP contribution in [0.2, 0.25) is 0 Å². The van der Waals surface area contributed by atoms with Crippen LogP contribution in [0.3, 0.4) is 0 Å². The third-order valence-corrected chi connectivity index (χ3v) is 4.47. The normalized spacial score (nSPS) is 22.9. The number of hydrogen-bond acceptors (Lipinski definition) is 3. The monoisotopic (exact) mass is 294 g/mol. The highest BCUT2D eigenvalue weighted by Gasteiger charge is 2.21. The standard InChI is InChI=1S/C16H23FN2O2/c1-11(2)12-4-3-5-13(7-6-12)18-14-8-9-16(19(20)21)15(17)10-14/h8-13,18H,3-7H2,1-2H3. The van der Waals surface area contributed by atoms with Gasteiger partial charge in [0.05, 0.1) is 4.92 Å². The van der Waals surface area contributed by atoms with Crippen molar-refractivity contribution in [3.63, 3.8) is 0 Å². The lowest BCUT2D eigenvalue weighted by Crippen LogP contribution is -2.19. The first-order chi connectivity index (χ1) is 9.97. The number of nitrogens with zero attached hydrogens (tertiary/aromatic N) is 1. The molecule has 1 aromatic rings. The molecule has 1 N–H and O–H groups in total. The fraction of sp³-hybridized carbons (Fsp3) is 0.625. The Hall–Kier alpha value is -1.65. The number of rotatable bonds is 4. The van der Waals surface area contributed by atoms with Crippen molar-refractivity contribution in [3.05, 3.63) is 34.1 Å². The molecule has 1 aromatic carbocycles. The third kappa shape index (κ3) is 4.16. The molecule has 1 aliphatic rings. The van der Waals surface area contributed by atoms with Gasteiger partial charge in [0.2, 0.25) is 5.82 Å². The number of nitro benzene ring substituents is 1. The summed E-state index contributed by atoms with van der Waals surface area (Å²) in [5.74, 6) is 0.699. The molecule has 0 aromatic heterocycles. The lowest BCUT2D eigenvalue weighted by molar-refractivity contribution is -0.387. The van der Waals surface area contributed by atoms with Crippen molar-refractivity contribution in [2.24, 2.45) is 11.8 Å². The Morgan fingerprint density at radius 1 is 1.29 bits per heavy atom. The minimum Gasteiger partial charge on any atom is -0.382 e. The first-order valence-corrected chi connectivity index (χ1v) is 7.68. The van der Waals surface area contributed by atoms with Crippen molar-refractivity contribution in [3.8, 4) is 0 Å². The van der Waals surface area contributed by atoms with E-state index in [0.717, 1.165) is 18.8 Å². The molecule has 0 amide bonds. The summed E-state index contributed by atoms with van der Waals surface area (Å²) < 4.78 is 13.6. The van der Waals surface area contributed by atoms with Crippen LogP contribution in [0.5, 0.6) is 0 Å². The van der Waals surface area contributed by atoms with E-state index in [4.69, 9.17) is 0 Å². The summed E-state index contributed by atoms with van der Waals surface area (Å²) in [7, 11) is 0. The van der Waals surface area contributed by atoms with E-state index in [9.17, 15) is 14.5 Å². The summed E-state index contributed by atoms with van der Waals surface area (Å²) in [5.41, 5.74) is 0.160. The minimum atomic E-state index is -0.779. The summed E-state index contributed by atoms with van der Waals surface area (Å²) in [6.07, 6.45) is 5.76. The Morgan fingerprint density at radius 2 is 2.05 bits per heavy atom. The van der Waals surface area contributed by atoms with Crippen LogP contribution >= 0.6 is 0 Å². The molecule has 0 spiro atoms. The van der Waals surface area contributed by atoms with Gasteiger partial charge in [-0.05, 0) is 37.2 Å². The fourth-order valence-electron chi connectivity index (χ4n) is 3.12. The van der Waals surface area contributed by atoms with Crippen molar-refractivity contribution >= 4 is 11.4 Å². The minimum absolute atomic E-state index is 0.328. The highest BCUT2D eigenvalue weighted by atomic mass is 19.1. The Morgan fingerprint density at radius 3 is 2.67 bits per heavy atom. The molecule has 0 heterocycles. The molecule has 116 valence electrons. The quantitative estimate of drug-likeness (QED) is 0.495. The van der Waals surface area contributed by atoms with Crippen LogP contribution in [0.25, 0.3) is 0 Å². The molecule has 0 radical (unpaired) electrons. The number of nitro groups is 1. The van der Waals surface area contributed by atoms with E-state index >= 15 is 0 Å². The molecule has 5 heteroatoms. The maximum absolute atomic E-state index is 13.6. The van der Waals surface area contributed by atoms with E-state index in [1.807, 2.05) is 0 Å². The van der Waals surface area contributed by atoms with Gasteiger partial charge in [0, 0.05) is 23.9 Å². The van der Waals surface area contributed by atoms with Gasteiger partial charge < -0.3 is 5.32 Å². The van der Waals surface area contributed by atoms with Crippen LogP contribution in [0.15, 0.2) is 18.2 Å². The van der Waals surface area contributed by atoms with Crippen molar-refractivity contribution in [1.29, 1.82) is 0 Å². The molecule has 2 rings (SSSR count). The molecule has 0 saturated heterocycles. The summed E-state index contributed by atoms with van der Waals surface area (Å²) in [4.78, 5) is 9.92. The number of hydrogen-bond donors (Lipinski definition) is 1. The van der Waals surface area contributed by atoms with Gasteiger partial charge in [0.1, 0.15) is 0 Å². The lowest BCUT2D eigenvalue weighted by Gasteiger charge is -2.19. The number of benzene rings is 1. The fourth-order valence-corrected chi connectivity index (χ4v) is 3.12. The van der Waals surface area contributed by atoms with Gasteiger partial charge in [-0.25, -0.2) is 0 Å². The first-order valence-electron chi connectivity index (χ1n) is 7.68. The molecule has 2 unspecified atom stereocenters. The van der Waals surface area contributed by atoms with Crippen LogP contribution in [-0.2, 0) is 0 Å². The van der Waals surface area contributed by atoms with Gasteiger partial charge in [-0.15, -0.1) is 0 Å². The molecule has 0 bridgehead atoms. The van der Waals surface area contributed by atoms with E-state index in [1.54, 1.807) is 6.07 Å². The second-order valence-electron chi connectivity index (χ2n) is 6.28. The van der Waals surface area contributed by atoms with E-state index < -0.39 is 16.4 Å². The Kier molecular flexibility index (Phi) is 5.15. The largest absolute Gasteiger partial charge is 0.382 e. The molecular formula is C16H23FN2O2. The predicted octanol–water partition coefficient (Wildman–Crippen LogP) is 4.75. The second kappa shape index (κ2) is 6.87. The highest BCUT2D eigenvalue weighted by Crippen LogP contribution is 2.30.